The number of carbonyl (C=O) groups is 2. The maximum Gasteiger partial charge on any atom is 0.323 e. The van der Waals surface area contributed by atoms with Gasteiger partial charge < -0.3 is 58.4 Å². The van der Waals surface area contributed by atoms with Gasteiger partial charge in [0.2, 0.25) is 30.1 Å². The number of sulfonamides is 3. The lowest BCUT2D eigenvalue weighted by atomic mass is 10.1. The molecule has 7 aromatic carbocycles. The van der Waals surface area contributed by atoms with Crippen LogP contribution in [0.5, 0.6) is 0 Å². The Balaban J connectivity index is 0.000000255. The van der Waals surface area contributed by atoms with Crippen molar-refractivity contribution in [3.8, 4) is 33.9 Å². The van der Waals surface area contributed by atoms with Gasteiger partial charge in [-0.1, -0.05) is 229 Å². The van der Waals surface area contributed by atoms with Crippen LogP contribution in [0.1, 0.15) is 109 Å². The van der Waals surface area contributed by atoms with E-state index in [0.717, 1.165) is 60.0 Å². The third-order valence-electron chi connectivity index (χ3n) is 18.8. The Labute approximate surface area is 700 Å². The summed E-state index contributed by atoms with van der Waals surface area (Å²) in [5.41, 5.74) is 5.60. The van der Waals surface area contributed by atoms with E-state index in [2.05, 4.69) is 165 Å². The summed E-state index contributed by atoms with van der Waals surface area (Å²) < 4.78 is 100.0. The normalized spacial score (nSPS) is 13.8. The van der Waals surface area contributed by atoms with Gasteiger partial charge in [0.1, 0.15) is 11.9 Å². The highest BCUT2D eigenvalue weighted by molar-refractivity contribution is 8.04. The van der Waals surface area contributed by atoms with E-state index in [-0.39, 0.29) is 67.8 Å². The Morgan fingerprint density at radius 1 is 0.521 bits per heavy atom. The van der Waals surface area contributed by atoms with Gasteiger partial charge in [-0.2, -0.15) is 4.31 Å². The number of esters is 1. The zero-order valence-corrected chi connectivity index (χ0v) is 72.4. The average molecular weight is 1700 g/mol. The molecular formula is C89H128N7O17S4+. The lowest BCUT2D eigenvalue weighted by molar-refractivity contribution is -0.929. The summed E-state index contributed by atoms with van der Waals surface area (Å²) in [6, 6.07) is 70.7. The molecule has 1 aromatic heterocycles. The molecule has 0 bridgehead atoms. The predicted molar refractivity (Wildman–Crippen MR) is 465 cm³/mol. The molecule has 3 heterocycles. The first-order chi connectivity index (χ1) is 56.7. The van der Waals surface area contributed by atoms with E-state index in [1.54, 1.807) is 18.2 Å². The van der Waals surface area contributed by atoms with Gasteiger partial charge in [0.05, 0.1) is 145 Å². The summed E-state index contributed by atoms with van der Waals surface area (Å²) in [4.78, 5) is 38.2. The topological polar surface area (TPSA) is 317 Å². The van der Waals surface area contributed by atoms with E-state index in [4.69, 9.17) is 44.0 Å². The Morgan fingerprint density at radius 3 is 1.30 bits per heavy atom. The first kappa shape index (κ1) is 100.0. The van der Waals surface area contributed by atoms with Crippen molar-refractivity contribution >= 4 is 52.9 Å². The highest BCUT2D eigenvalue weighted by atomic mass is 32.3. The van der Waals surface area contributed by atoms with Crippen molar-refractivity contribution in [2.75, 3.05) is 169 Å². The second-order valence-corrected chi connectivity index (χ2v) is 36.0. The van der Waals surface area contributed by atoms with Crippen molar-refractivity contribution in [1.29, 1.82) is 0 Å². The molecule has 0 amide bonds. The minimum Gasteiger partial charge on any atom is -0.545 e. The van der Waals surface area contributed by atoms with Crippen LogP contribution < -0.4 is 9.23 Å². The molecule has 24 nitrogen and oxygen atoms in total. The van der Waals surface area contributed by atoms with E-state index in [9.17, 15) is 39.9 Å². The fourth-order valence-corrected chi connectivity index (χ4v) is 19.2. The molecule has 28 heteroatoms. The number of aromatic nitrogens is 2. The number of aromatic amines is 1. The number of piperazine rings is 1. The summed E-state index contributed by atoms with van der Waals surface area (Å²) in [6.45, 7) is 23.0. The number of aliphatic hydroxyl groups is 3. The number of carboxylic acids is 1. The van der Waals surface area contributed by atoms with Gasteiger partial charge >= 0.3 is 5.97 Å². The number of aromatic carboxylic acids is 1. The molecule has 8 aromatic rings. The number of ether oxygens (including phenoxy) is 5. The lowest BCUT2D eigenvalue weighted by Crippen LogP contribution is -2.53. The first-order valence-electron chi connectivity index (χ1n) is 40.9. The number of carbonyl (C=O) groups excluding carboxylic acids is 2. The Hall–Kier alpha value is -7.59. The first-order valence-corrected chi connectivity index (χ1v) is 47.3. The maximum atomic E-state index is 12.3. The number of imidazole rings is 1. The second kappa shape index (κ2) is 58.3. The number of quaternary nitrogens is 1. The molecule has 2 fully saturated rings. The molecule has 2 aliphatic heterocycles. The summed E-state index contributed by atoms with van der Waals surface area (Å²) in [5, 5.41) is 36.2. The van der Waals surface area contributed by atoms with Crippen molar-refractivity contribution in [3.63, 3.8) is 0 Å². The number of hydrogen-bond donors (Lipinski definition) is 5. The lowest BCUT2D eigenvalue weighted by Gasteiger charge is -2.39. The van der Waals surface area contributed by atoms with Crippen LogP contribution in [-0.4, -0.2) is 256 Å². The van der Waals surface area contributed by atoms with E-state index < -0.39 is 47.5 Å². The molecule has 117 heavy (non-hydrogen) atoms. The largest absolute Gasteiger partial charge is 0.545 e. The fraction of sp³-hybridized carbons (Fsp3) is 0.472. The molecule has 0 spiro atoms. The van der Waals surface area contributed by atoms with Crippen LogP contribution >= 0.6 is 0 Å². The van der Waals surface area contributed by atoms with E-state index >= 15 is 0 Å². The third-order valence-corrected chi connectivity index (χ3v) is 26.1. The van der Waals surface area contributed by atoms with Gasteiger partial charge in [0.15, 0.2) is 14.7 Å². The number of nitrogens with zero attached hydrogens (tertiary/aromatic N) is 5. The molecule has 644 valence electrons. The molecule has 1 unspecified atom stereocenters. The number of hydrogen-bond acceptors (Lipinski definition) is 20. The summed E-state index contributed by atoms with van der Waals surface area (Å²) >= 11 is 0. The van der Waals surface area contributed by atoms with Gasteiger partial charge in [-0.15, -0.1) is 4.13 Å². The monoisotopic (exact) mass is 1690 g/mol. The molecule has 0 aliphatic carbocycles. The van der Waals surface area contributed by atoms with Crippen LogP contribution in [0.15, 0.2) is 227 Å². The number of unbranched alkanes of at least 4 members (excludes halogenated alkanes) is 4. The van der Waals surface area contributed by atoms with Crippen LogP contribution in [0.25, 0.3) is 33.9 Å². The van der Waals surface area contributed by atoms with Crippen LogP contribution in [0.2, 0.25) is 0 Å². The Kier molecular flexibility index (Phi) is 49.9. The Morgan fingerprint density at radius 2 is 0.923 bits per heavy atom. The predicted octanol–water partition coefficient (Wildman–Crippen LogP) is 11.5. The summed E-state index contributed by atoms with van der Waals surface area (Å²) in [7, 11) is -11.7. The molecule has 1 atom stereocenters. The SMILES string of the molecule is CCCC[N+](CCCC)(CCCC)CCCC.CS(=O)(=O)NS(=O)(=O)CCCS(=O)(=O)N1CCN(C2CCOC2=O)CC1.O=C([O-])c1ccccc1.OCCCN(CCOCCOCCO)CCOCCOCCO.c1ccc(-c2nc(-c3ccccc3)c(-c3ccccc3)[nH]2)cc1.c1ccc([S+](c2ccccc2)c2ccccc2)cc1. The number of rotatable bonds is 46. The molecule has 5 N–H and O–H groups in total. The minimum absolute atomic E-state index is 0.0146. The smallest absolute Gasteiger partial charge is 0.323 e. The summed E-state index contributed by atoms with van der Waals surface area (Å²) in [6.07, 6.45) is 12.9. The highest BCUT2D eigenvalue weighted by Crippen LogP contribution is 2.34. The van der Waals surface area contributed by atoms with E-state index in [0.29, 0.717) is 85.2 Å². The number of aliphatic hydroxyl groups excluding tert-OH is 3. The third kappa shape index (κ3) is 40.4. The van der Waals surface area contributed by atoms with Crippen molar-refractivity contribution in [3.05, 3.63) is 218 Å². The average Bonchev–Trinajstić information content (AvgIpc) is 1.47. The van der Waals surface area contributed by atoms with Crippen molar-refractivity contribution in [2.45, 2.75) is 119 Å². The van der Waals surface area contributed by atoms with Crippen molar-refractivity contribution < 1.29 is 83.4 Å². The van der Waals surface area contributed by atoms with Crippen molar-refractivity contribution in [2.24, 2.45) is 0 Å². The van der Waals surface area contributed by atoms with E-state index in [1.165, 1.54) is 117 Å². The standard InChI is InChI=1S/C21H16N2.C18H15S.C16H36N.C15H33NO7.C12H23N3O8S3.C7H6O2/c1-4-10-16(11-5-1)19-20(17-12-6-2-7-13-17)23-21(22-19)18-14-8-3-9-15-18;1-4-10-16(11-5-1)19(17-12-6-2-7-13-17)18-14-8-3-9-15-18;1-5-9-13-17(14-10-6-2,15-11-7-3)16-12-8-4;17-5-1-2-16(3-8-20-12-14-22-10-6-18)4-9-21-13-15-23-11-7-19;1-24(17,18)13-25(19,20)9-2-10-26(21,22)15-6-4-14(5-7-15)11-3-8-23-12(11)16;8-7(9)6-4-2-1-3-5-6/h1-15H,(H,22,23);1-15H;5-16H2,1-4H3;17-19H,1-15H2;11,13H,2-10H2,1H3;1-5H,(H,8,9)/q;2*+1;;;/p-1. The zero-order valence-electron chi connectivity index (χ0n) is 69.2. The molecular weight excluding hydrogens is 1570 g/mol. The molecule has 2 saturated heterocycles. The summed E-state index contributed by atoms with van der Waals surface area (Å²) in [5.74, 6) is -1.53. The number of carboxylic acid groups (broad SMARTS) is 1. The number of H-pyrrole nitrogens is 1. The van der Waals surface area contributed by atoms with Crippen LogP contribution in [-0.2, 0) is 69.4 Å². The quantitative estimate of drug-likeness (QED) is 0.0102. The minimum atomic E-state index is -4.10. The number of cyclic esters (lactones) is 1. The zero-order chi connectivity index (χ0) is 84.7. The molecule has 2 aliphatic rings. The highest BCUT2D eigenvalue weighted by Gasteiger charge is 2.37. The van der Waals surface area contributed by atoms with Crippen LogP contribution in [0.3, 0.4) is 0 Å². The fourth-order valence-electron chi connectivity index (χ4n) is 12.8. The molecule has 0 saturated carbocycles. The van der Waals surface area contributed by atoms with Gasteiger partial charge in [-0.05, 0) is 80.5 Å². The molecule has 0 radical (unpaired) electrons. The number of benzene rings is 7. The van der Waals surface area contributed by atoms with Crippen LogP contribution in [0.4, 0.5) is 0 Å². The second-order valence-electron chi connectivity index (χ2n) is 28.0. The maximum absolute atomic E-state index is 12.3. The van der Waals surface area contributed by atoms with Crippen LogP contribution in [0, 0.1) is 0 Å². The van der Waals surface area contributed by atoms with Gasteiger partial charge in [-0.3, -0.25) is 14.6 Å². The molecule has 10 rings (SSSR count). The van der Waals surface area contributed by atoms with E-state index in [1.807, 2.05) is 59.5 Å². The van der Waals surface area contributed by atoms with Gasteiger partial charge in [0, 0.05) is 75.5 Å². The van der Waals surface area contributed by atoms with Gasteiger partial charge in [0.25, 0.3) is 0 Å². The Bertz CT molecular complexity index is 4040. The number of nitrogens with one attached hydrogen (secondary N) is 2. The van der Waals surface area contributed by atoms with Gasteiger partial charge in [-0.25, -0.2) is 30.2 Å². The van der Waals surface area contributed by atoms with Crippen molar-refractivity contribution in [1.82, 2.24) is 28.2 Å².